The topological polar surface area (TPSA) is 64.4 Å². The van der Waals surface area contributed by atoms with Crippen LogP contribution in [0.1, 0.15) is 32.9 Å². The number of amides is 1. The van der Waals surface area contributed by atoms with Crippen molar-refractivity contribution in [1.29, 1.82) is 0 Å². The first-order valence-electron chi connectivity index (χ1n) is 8.09. The minimum atomic E-state index is -0.144. The van der Waals surface area contributed by atoms with Crippen molar-refractivity contribution in [2.75, 3.05) is 0 Å². The number of carbonyl (C=O) groups excluding carboxylic acids is 1. The van der Waals surface area contributed by atoms with Crippen LogP contribution in [0, 0.1) is 13.8 Å². The van der Waals surface area contributed by atoms with Crippen LogP contribution in [0.5, 0.6) is 5.75 Å². The molecular weight excluding hydrogens is 316 g/mol. The van der Waals surface area contributed by atoms with E-state index in [1.165, 1.54) is 0 Å². The summed E-state index contributed by atoms with van der Waals surface area (Å²) in [7, 11) is 0. The first-order valence-corrected chi connectivity index (χ1v) is 8.09. The molecule has 2 aromatic carbocycles. The molecule has 5 nitrogen and oxygen atoms in total. The third kappa shape index (κ3) is 4.70. The monoisotopic (exact) mass is 336 g/mol. The van der Waals surface area contributed by atoms with E-state index in [4.69, 9.17) is 9.26 Å². The van der Waals surface area contributed by atoms with Crippen molar-refractivity contribution in [1.82, 2.24) is 10.5 Å². The number of rotatable bonds is 6. The second kappa shape index (κ2) is 7.66. The van der Waals surface area contributed by atoms with Crippen LogP contribution >= 0.6 is 0 Å². The maximum Gasteiger partial charge on any atom is 0.251 e. The van der Waals surface area contributed by atoms with Crippen molar-refractivity contribution in [3.8, 4) is 5.75 Å². The molecule has 0 unspecified atom stereocenters. The molecule has 128 valence electrons. The highest BCUT2D eigenvalue weighted by atomic mass is 16.5. The molecule has 1 N–H and O–H groups in total. The number of ether oxygens (including phenoxy) is 1. The predicted octanol–water partition coefficient (Wildman–Crippen LogP) is 3.80. The summed E-state index contributed by atoms with van der Waals surface area (Å²) in [6.07, 6.45) is 0. The molecule has 0 saturated heterocycles. The van der Waals surface area contributed by atoms with E-state index < -0.39 is 0 Å². The number of aryl methyl sites for hydroxylation is 2. The number of hydrogen-bond donors (Lipinski definition) is 1. The van der Waals surface area contributed by atoms with Gasteiger partial charge in [-0.15, -0.1) is 0 Å². The van der Waals surface area contributed by atoms with Crippen LogP contribution in [0.4, 0.5) is 0 Å². The molecule has 1 heterocycles. The molecule has 5 heteroatoms. The lowest BCUT2D eigenvalue weighted by atomic mass is 10.1. The van der Waals surface area contributed by atoms with Crippen LogP contribution in [-0.4, -0.2) is 11.1 Å². The van der Waals surface area contributed by atoms with Gasteiger partial charge in [0.05, 0.1) is 6.54 Å². The van der Waals surface area contributed by atoms with Crippen LogP contribution in [0.25, 0.3) is 0 Å². The van der Waals surface area contributed by atoms with Gasteiger partial charge in [0.1, 0.15) is 18.1 Å². The molecule has 25 heavy (non-hydrogen) atoms. The summed E-state index contributed by atoms with van der Waals surface area (Å²) in [6.45, 7) is 4.59. The standard InChI is InChI=1S/C20H20N2O3/c1-14-6-8-16(9-7-14)20(23)21-12-19-11-17(22-25-19)13-24-18-5-3-4-15(2)10-18/h3-11H,12-13H2,1-2H3,(H,21,23). The van der Waals surface area contributed by atoms with Gasteiger partial charge in [0.2, 0.25) is 0 Å². The molecule has 0 aliphatic carbocycles. The van der Waals surface area contributed by atoms with Gasteiger partial charge < -0.3 is 14.6 Å². The molecule has 0 saturated carbocycles. The lowest BCUT2D eigenvalue weighted by Crippen LogP contribution is -2.22. The van der Waals surface area contributed by atoms with E-state index in [-0.39, 0.29) is 12.5 Å². The molecule has 0 aliphatic rings. The molecular formula is C20H20N2O3. The number of carbonyl (C=O) groups is 1. The Morgan fingerprint density at radius 2 is 1.88 bits per heavy atom. The van der Waals surface area contributed by atoms with Gasteiger partial charge in [-0.2, -0.15) is 0 Å². The fraction of sp³-hybridized carbons (Fsp3) is 0.200. The van der Waals surface area contributed by atoms with Crippen molar-refractivity contribution in [2.24, 2.45) is 0 Å². The highest BCUT2D eigenvalue weighted by Crippen LogP contribution is 2.14. The second-order valence-corrected chi connectivity index (χ2v) is 5.94. The normalized spacial score (nSPS) is 10.5. The van der Waals surface area contributed by atoms with Crippen molar-refractivity contribution in [2.45, 2.75) is 27.0 Å². The molecule has 3 aromatic rings. The van der Waals surface area contributed by atoms with Crippen LogP contribution in [0.2, 0.25) is 0 Å². The summed E-state index contributed by atoms with van der Waals surface area (Å²) in [6, 6.07) is 17.0. The summed E-state index contributed by atoms with van der Waals surface area (Å²) in [5.74, 6) is 1.23. The Hall–Kier alpha value is -3.08. The van der Waals surface area contributed by atoms with Crippen LogP contribution in [-0.2, 0) is 13.2 Å². The number of nitrogens with zero attached hydrogens (tertiary/aromatic N) is 1. The minimum absolute atomic E-state index is 0.144. The molecule has 0 spiro atoms. The van der Waals surface area contributed by atoms with Gasteiger partial charge in [-0.3, -0.25) is 4.79 Å². The molecule has 1 amide bonds. The minimum Gasteiger partial charge on any atom is -0.487 e. The van der Waals surface area contributed by atoms with Crippen LogP contribution in [0.3, 0.4) is 0 Å². The number of nitrogens with one attached hydrogen (secondary N) is 1. The number of aromatic nitrogens is 1. The Labute approximate surface area is 146 Å². The van der Waals surface area contributed by atoms with Gasteiger partial charge in [0.25, 0.3) is 5.91 Å². The highest BCUT2D eigenvalue weighted by molar-refractivity contribution is 5.94. The zero-order valence-electron chi connectivity index (χ0n) is 14.3. The van der Waals surface area contributed by atoms with Crippen molar-refractivity contribution in [3.05, 3.63) is 82.7 Å². The molecule has 1 aromatic heterocycles. The molecule has 0 atom stereocenters. The predicted molar refractivity (Wildman–Crippen MR) is 94.4 cm³/mol. The maximum absolute atomic E-state index is 12.1. The van der Waals surface area contributed by atoms with E-state index in [1.54, 1.807) is 18.2 Å². The summed E-state index contributed by atoms with van der Waals surface area (Å²) in [5.41, 5.74) is 3.55. The Balaban J connectivity index is 1.51. The van der Waals surface area contributed by atoms with Crippen LogP contribution in [0.15, 0.2) is 59.1 Å². The zero-order chi connectivity index (χ0) is 17.6. The Morgan fingerprint density at radius 1 is 1.08 bits per heavy atom. The first-order chi connectivity index (χ1) is 12.1. The molecule has 0 radical (unpaired) electrons. The number of benzene rings is 2. The maximum atomic E-state index is 12.1. The van der Waals surface area contributed by atoms with Gasteiger partial charge in [-0.25, -0.2) is 0 Å². The quantitative estimate of drug-likeness (QED) is 0.743. The van der Waals surface area contributed by atoms with E-state index in [9.17, 15) is 4.79 Å². The lowest BCUT2D eigenvalue weighted by Gasteiger charge is -2.04. The SMILES string of the molecule is Cc1ccc(C(=O)NCc2cc(COc3cccc(C)c3)no2)cc1. The fourth-order valence-electron chi connectivity index (χ4n) is 2.34. The summed E-state index contributed by atoms with van der Waals surface area (Å²) in [4.78, 5) is 12.1. The average molecular weight is 336 g/mol. The number of hydrogen-bond acceptors (Lipinski definition) is 4. The largest absolute Gasteiger partial charge is 0.487 e. The third-order valence-electron chi connectivity index (χ3n) is 3.72. The molecule has 0 bridgehead atoms. The second-order valence-electron chi connectivity index (χ2n) is 5.94. The first kappa shape index (κ1) is 16.8. The highest BCUT2D eigenvalue weighted by Gasteiger charge is 2.09. The summed E-state index contributed by atoms with van der Waals surface area (Å²) >= 11 is 0. The Kier molecular flexibility index (Phi) is 5.14. The Morgan fingerprint density at radius 3 is 2.64 bits per heavy atom. The van der Waals surface area contributed by atoms with Gasteiger partial charge in [-0.05, 0) is 43.7 Å². The Bertz CT molecular complexity index is 853. The van der Waals surface area contributed by atoms with E-state index in [2.05, 4.69) is 10.5 Å². The van der Waals surface area contributed by atoms with Gasteiger partial charge in [-0.1, -0.05) is 35.0 Å². The van der Waals surface area contributed by atoms with E-state index >= 15 is 0 Å². The smallest absolute Gasteiger partial charge is 0.251 e. The zero-order valence-corrected chi connectivity index (χ0v) is 14.3. The summed E-state index contributed by atoms with van der Waals surface area (Å²) < 4.78 is 10.9. The third-order valence-corrected chi connectivity index (χ3v) is 3.72. The van der Waals surface area contributed by atoms with E-state index in [0.29, 0.717) is 23.6 Å². The van der Waals surface area contributed by atoms with Crippen molar-refractivity contribution >= 4 is 5.91 Å². The van der Waals surface area contributed by atoms with E-state index in [1.807, 2.05) is 50.2 Å². The summed E-state index contributed by atoms with van der Waals surface area (Å²) in [5, 5.41) is 6.78. The van der Waals surface area contributed by atoms with Crippen molar-refractivity contribution in [3.63, 3.8) is 0 Å². The van der Waals surface area contributed by atoms with Crippen LogP contribution < -0.4 is 10.1 Å². The van der Waals surface area contributed by atoms with Gasteiger partial charge in [0, 0.05) is 11.6 Å². The average Bonchev–Trinajstić information content (AvgIpc) is 3.06. The molecule has 0 fully saturated rings. The fourth-order valence-corrected chi connectivity index (χ4v) is 2.34. The van der Waals surface area contributed by atoms with Gasteiger partial charge >= 0.3 is 0 Å². The van der Waals surface area contributed by atoms with Gasteiger partial charge in [0.15, 0.2) is 5.76 Å². The molecule has 3 rings (SSSR count). The molecule has 0 aliphatic heterocycles. The van der Waals surface area contributed by atoms with E-state index in [0.717, 1.165) is 16.9 Å². The lowest BCUT2D eigenvalue weighted by molar-refractivity contribution is 0.0947. The van der Waals surface area contributed by atoms with Crippen molar-refractivity contribution < 1.29 is 14.1 Å².